The van der Waals surface area contributed by atoms with Crippen molar-refractivity contribution >= 4 is 5.91 Å². The molecule has 0 saturated heterocycles. The van der Waals surface area contributed by atoms with E-state index in [-0.39, 0.29) is 18.0 Å². The summed E-state index contributed by atoms with van der Waals surface area (Å²) >= 11 is 0. The monoisotopic (exact) mass is 197 g/mol. The van der Waals surface area contributed by atoms with Gasteiger partial charge in [-0.1, -0.05) is 18.2 Å². The number of carbonyl (C=O) groups is 1. The molecule has 1 rings (SSSR count). The minimum Gasteiger partial charge on any atom is -0.386 e. The van der Waals surface area contributed by atoms with E-state index in [1.54, 1.807) is 12.1 Å². The zero-order valence-corrected chi connectivity index (χ0v) is 7.83. The van der Waals surface area contributed by atoms with Gasteiger partial charge >= 0.3 is 0 Å². The molecule has 76 valence electrons. The van der Waals surface area contributed by atoms with Crippen LogP contribution in [0.25, 0.3) is 0 Å². The number of amides is 1. The molecule has 0 spiro atoms. The van der Waals surface area contributed by atoms with Crippen molar-refractivity contribution in [1.29, 1.82) is 0 Å². The van der Waals surface area contributed by atoms with Crippen LogP contribution in [0.2, 0.25) is 0 Å². The van der Waals surface area contributed by atoms with Crippen LogP contribution in [-0.4, -0.2) is 17.6 Å². The Morgan fingerprint density at radius 2 is 2.21 bits per heavy atom. The van der Waals surface area contributed by atoms with Gasteiger partial charge in [-0.25, -0.2) is 4.39 Å². The van der Waals surface area contributed by atoms with Crippen molar-refractivity contribution in [1.82, 2.24) is 5.32 Å². The fraction of sp³-hybridized carbons (Fsp3) is 0.300. The smallest absolute Gasteiger partial charge is 0.216 e. The van der Waals surface area contributed by atoms with Crippen LogP contribution in [0.15, 0.2) is 24.3 Å². The third kappa shape index (κ3) is 2.81. The molecule has 0 aromatic heterocycles. The quantitative estimate of drug-likeness (QED) is 0.759. The van der Waals surface area contributed by atoms with Crippen LogP contribution in [0.5, 0.6) is 0 Å². The molecule has 0 aliphatic rings. The number of benzene rings is 1. The van der Waals surface area contributed by atoms with Crippen molar-refractivity contribution in [2.24, 2.45) is 0 Å². The predicted octanol–water partition coefficient (Wildman–Crippen LogP) is 0.995. The lowest BCUT2D eigenvalue weighted by Gasteiger charge is -2.11. The van der Waals surface area contributed by atoms with E-state index in [2.05, 4.69) is 5.32 Å². The maximum Gasteiger partial charge on any atom is 0.216 e. The Kier molecular flexibility index (Phi) is 3.59. The van der Waals surface area contributed by atoms with Gasteiger partial charge in [0.2, 0.25) is 5.91 Å². The largest absolute Gasteiger partial charge is 0.386 e. The lowest BCUT2D eigenvalue weighted by molar-refractivity contribution is -0.119. The summed E-state index contributed by atoms with van der Waals surface area (Å²) in [4.78, 5) is 10.5. The fourth-order valence-corrected chi connectivity index (χ4v) is 1.10. The van der Waals surface area contributed by atoms with E-state index in [1.807, 2.05) is 0 Å². The summed E-state index contributed by atoms with van der Waals surface area (Å²) in [6.07, 6.45) is -1.000. The summed E-state index contributed by atoms with van der Waals surface area (Å²) in [6.45, 7) is 1.37. The minimum atomic E-state index is -1.000. The molecule has 1 aromatic carbocycles. The maximum absolute atomic E-state index is 13.1. The van der Waals surface area contributed by atoms with Crippen LogP contribution in [0.1, 0.15) is 18.6 Å². The Bertz CT molecular complexity index is 328. The molecule has 0 aliphatic carbocycles. The van der Waals surface area contributed by atoms with Crippen LogP contribution < -0.4 is 5.32 Å². The summed E-state index contributed by atoms with van der Waals surface area (Å²) in [5.41, 5.74) is 0.196. The van der Waals surface area contributed by atoms with Gasteiger partial charge in [0.05, 0.1) is 6.10 Å². The van der Waals surface area contributed by atoms with Gasteiger partial charge in [-0.3, -0.25) is 4.79 Å². The molecule has 1 amide bonds. The van der Waals surface area contributed by atoms with Crippen molar-refractivity contribution < 1.29 is 14.3 Å². The summed E-state index contributed by atoms with van der Waals surface area (Å²) < 4.78 is 13.1. The van der Waals surface area contributed by atoms with Gasteiger partial charge < -0.3 is 10.4 Å². The number of halogens is 1. The molecule has 2 N–H and O–H groups in total. The second kappa shape index (κ2) is 4.72. The van der Waals surface area contributed by atoms with Crippen molar-refractivity contribution in [3.63, 3.8) is 0 Å². The van der Waals surface area contributed by atoms with Gasteiger partial charge in [0.1, 0.15) is 5.82 Å². The number of hydrogen-bond donors (Lipinski definition) is 2. The zero-order valence-electron chi connectivity index (χ0n) is 7.83. The van der Waals surface area contributed by atoms with Gasteiger partial charge in [0.25, 0.3) is 0 Å². The Morgan fingerprint density at radius 1 is 1.57 bits per heavy atom. The zero-order chi connectivity index (χ0) is 10.6. The first-order valence-electron chi connectivity index (χ1n) is 4.28. The van der Waals surface area contributed by atoms with E-state index in [0.717, 1.165) is 0 Å². The molecule has 4 heteroatoms. The molecule has 0 aliphatic heterocycles. The highest BCUT2D eigenvalue weighted by Crippen LogP contribution is 2.15. The average molecular weight is 197 g/mol. The molecular formula is C10H12FNO2. The number of rotatable bonds is 3. The van der Waals surface area contributed by atoms with Crippen molar-refractivity contribution in [2.75, 3.05) is 6.54 Å². The fourth-order valence-electron chi connectivity index (χ4n) is 1.10. The van der Waals surface area contributed by atoms with Crippen LogP contribution in [0.4, 0.5) is 4.39 Å². The molecule has 0 radical (unpaired) electrons. The maximum atomic E-state index is 13.1. The van der Waals surface area contributed by atoms with E-state index in [4.69, 9.17) is 0 Å². The molecular weight excluding hydrogens is 185 g/mol. The number of aliphatic hydroxyl groups is 1. The van der Waals surface area contributed by atoms with E-state index in [1.165, 1.54) is 19.1 Å². The van der Waals surface area contributed by atoms with E-state index >= 15 is 0 Å². The Labute approximate surface area is 81.6 Å². The topological polar surface area (TPSA) is 49.3 Å². The number of aliphatic hydroxyl groups excluding tert-OH is 1. The van der Waals surface area contributed by atoms with E-state index < -0.39 is 11.9 Å². The van der Waals surface area contributed by atoms with Crippen LogP contribution in [0.3, 0.4) is 0 Å². The lowest BCUT2D eigenvalue weighted by atomic mass is 10.1. The predicted molar refractivity (Wildman–Crippen MR) is 50.0 cm³/mol. The summed E-state index contributed by atoms with van der Waals surface area (Å²) in [5, 5.41) is 11.9. The highest BCUT2D eigenvalue weighted by molar-refractivity contribution is 5.72. The SMILES string of the molecule is CC(=O)NCC(O)c1ccccc1F. The summed E-state index contributed by atoms with van der Waals surface area (Å²) in [7, 11) is 0. The Balaban J connectivity index is 2.65. The lowest BCUT2D eigenvalue weighted by Crippen LogP contribution is -2.26. The molecule has 3 nitrogen and oxygen atoms in total. The normalized spacial score (nSPS) is 12.2. The number of hydrogen-bond acceptors (Lipinski definition) is 2. The molecule has 1 atom stereocenters. The van der Waals surface area contributed by atoms with Gasteiger partial charge in [0.15, 0.2) is 0 Å². The van der Waals surface area contributed by atoms with E-state index in [9.17, 15) is 14.3 Å². The molecule has 0 saturated carbocycles. The third-order valence-electron chi connectivity index (χ3n) is 1.81. The third-order valence-corrected chi connectivity index (χ3v) is 1.81. The van der Waals surface area contributed by atoms with Crippen LogP contribution in [-0.2, 0) is 4.79 Å². The van der Waals surface area contributed by atoms with Gasteiger partial charge in [0, 0.05) is 19.0 Å². The first-order chi connectivity index (χ1) is 6.61. The molecule has 0 bridgehead atoms. The van der Waals surface area contributed by atoms with Crippen LogP contribution >= 0.6 is 0 Å². The highest BCUT2D eigenvalue weighted by atomic mass is 19.1. The molecule has 0 fully saturated rings. The van der Waals surface area contributed by atoms with Gasteiger partial charge in [-0.15, -0.1) is 0 Å². The Morgan fingerprint density at radius 3 is 2.79 bits per heavy atom. The molecule has 1 aromatic rings. The van der Waals surface area contributed by atoms with Gasteiger partial charge in [-0.05, 0) is 6.07 Å². The summed E-state index contributed by atoms with van der Waals surface area (Å²) in [5.74, 6) is -0.717. The Hall–Kier alpha value is -1.42. The second-order valence-electron chi connectivity index (χ2n) is 2.97. The minimum absolute atomic E-state index is 0.0241. The highest BCUT2D eigenvalue weighted by Gasteiger charge is 2.11. The van der Waals surface area contributed by atoms with Crippen LogP contribution in [0, 0.1) is 5.82 Å². The molecule has 0 heterocycles. The molecule has 14 heavy (non-hydrogen) atoms. The standard InChI is InChI=1S/C10H12FNO2/c1-7(13)12-6-10(14)8-4-2-3-5-9(8)11/h2-5,10,14H,6H2,1H3,(H,12,13). The number of nitrogens with one attached hydrogen (secondary N) is 1. The second-order valence-corrected chi connectivity index (χ2v) is 2.97. The van der Waals surface area contributed by atoms with Crippen molar-refractivity contribution in [2.45, 2.75) is 13.0 Å². The van der Waals surface area contributed by atoms with Crippen molar-refractivity contribution in [3.05, 3.63) is 35.6 Å². The van der Waals surface area contributed by atoms with Gasteiger partial charge in [-0.2, -0.15) is 0 Å². The average Bonchev–Trinajstić information content (AvgIpc) is 2.15. The van der Waals surface area contributed by atoms with E-state index in [0.29, 0.717) is 0 Å². The first-order valence-corrected chi connectivity index (χ1v) is 4.28. The molecule has 1 unspecified atom stereocenters. The van der Waals surface area contributed by atoms with Crippen molar-refractivity contribution in [3.8, 4) is 0 Å². The first kappa shape index (κ1) is 10.7. The number of carbonyl (C=O) groups excluding carboxylic acids is 1. The summed E-state index contributed by atoms with van der Waals surface area (Å²) in [6, 6.07) is 5.94.